The Bertz CT molecular complexity index is 599. The first-order valence-corrected chi connectivity index (χ1v) is 5.67. The molecule has 6 heteroatoms. The van der Waals surface area contributed by atoms with Crippen LogP contribution in [0.5, 0.6) is 5.75 Å². The number of rotatable bonds is 2. The van der Waals surface area contributed by atoms with Crippen molar-refractivity contribution in [3.05, 3.63) is 47.1 Å². The van der Waals surface area contributed by atoms with Gasteiger partial charge in [0.05, 0.1) is 23.4 Å². The molecule has 0 spiro atoms. The second-order valence-electron chi connectivity index (χ2n) is 3.75. The van der Waals surface area contributed by atoms with Gasteiger partial charge in [-0.25, -0.2) is 0 Å². The number of methoxy groups -OCH3 is 1. The highest BCUT2D eigenvalue weighted by molar-refractivity contribution is 6.34. The number of halogens is 4. The molecule has 0 radical (unpaired) electrons. The highest BCUT2D eigenvalue weighted by Gasteiger charge is 2.34. The predicted octanol–water partition coefficient (Wildman–Crippen LogP) is 4.43. The summed E-state index contributed by atoms with van der Waals surface area (Å²) in [4.78, 5) is 4.01. The normalized spacial score (nSPS) is 11.4. The van der Waals surface area contributed by atoms with Gasteiger partial charge in [0.2, 0.25) is 0 Å². The third-order valence-corrected chi connectivity index (χ3v) is 2.95. The van der Waals surface area contributed by atoms with Gasteiger partial charge in [-0.15, -0.1) is 0 Å². The van der Waals surface area contributed by atoms with E-state index in [0.717, 1.165) is 6.07 Å². The molecule has 0 N–H and O–H groups in total. The molecule has 0 aliphatic rings. The number of alkyl halides is 3. The van der Waals surface area contributed by atoms with E-state index in [-0.39, 0.29) is 10.6 Å². The van der Waals surface area contributed by atoms with E-state index in [9.17, 15) is 13.2 Å². The Morgan fingerprint density at radius 3 is 2.58 bits per heavy atom. The van der Waals surface area contributed by atoms with Crippen LogP contribution >= 0.6 is 11.6 Å². The third-order valence-electron chi connectivity index (χ3n) is 2.55. The van der Waals surface area contributed by atoms with Crippen molar-refractivity contribution in [3.8, 4) is 17.0 Å². The molecular formula is C13H9ClF3NO. The lowest BCUT2D eigenvalue weighted by Gasteiger charge is -2.12. The fraction of sp³-hybridized carbons (Fsp3) is 0.154. The molecule has 0 fully saturated rings. The molecule has 1 aromatic heterocycles. The van der Waals surface area contributed by atoms with Gasteiger partial charge in [0.25, 0.3) is 0 Å². The standard InChI is InChI=1S/C13H9ClF3NO/c1-19-8-5-6-18-11(7-8)9-3-2-4-10(12(9)14)13(15,16)17/h2-7H,1H3. The topological polar surface area (TPSA) is 22.1 Å². The molecule has 0 saturated heterocycles. The van der Waals surface area contributed by atoms with E-state index in [1.165, 1.54) is 31.5 Å². The van der Waals surface area contributed by atoms with Crippen LogP contribution in [-0.4, -0.2) is 12.1 Å². The number of pyridine rings is 1. The second kappa shape index (κ2) is 5.09. The Kier molecular flexibility index (Phi) is 3.66. The zero-order valence-electron chi connectivity index (χ0n) is 9.83. The molecule has 0 atom stereocenters. The quantitative estimate of drug-likeness (QED) is 0.815. The van der Waals surface area contributed by atoms with E-state index in [0.29, 0.717) is 11.4 Å². The lowest BCUT2D eigenvalue weighted by molar-refractivity contribution is -0.137. The SMILES string of the molecule is COc1ccnc(-c2cccc(C(F)(F)F)c2Cl)c1. The maximum absolute atomic E-state index is 12.8. The molecule has 2 aromatic rings. The Morgan fingerprint density at radius 2 is 1.95 bits per heavy atom. The van der Waals surface area contributed by atoms with Crippen molar-refractivity contribution in [1.29, 1.82) is 0 Å². The van der Waals surface area contributed by atoms with Gasteiger partial charge in [-0.1, -0.05) is 23.7 Å². The molecule has 0 bridgehead atoms. The van der Waals surface area contributed by atoms with Crippen LogP contribution < -0.4 is 4.74 Å². The molecule has 0 saturated carbocycles. The number of nitrogens with zero attached hydrogens (tertiary/aromatic N) is 1. The molecule has 2 rings (SSSR count). The lowest BCUT2D eigenvalue weighted by atomic mass is 10.1. The first-order valence-electron chi connectivity index (χ1n) is 5.29. The van der Waals surface area contributed by atoms with Crippen molar-refractivity contribution in [3.63, 3.8) is 0 Å². The van der Waals surface area contributed by atoms with Gasteiger partial charge in [-0.05, 0) is 12.1 Å². The van der Waals surface area contributed by atoms with Crippen LogP contribution in [0.15, 0.2) is 36.5 Å². The molecule has 1 heterocycles. The van der Waals surface area contributed by atoms with Crippen LogP contribution in [0.2, 0.25) is 5.02 Å². The van der Waals surface area contributed by atoms with Crippen molar-refractivity contribution in [2.75, 3.05) is 7.11 Å². The summed E-state index contributed by atoms with van der Waals surface area (Å²) in [5.74, 6) is 0.499. The van der Waals surface area contributed by atoms with Crippen molar-refractivity contribution in [2.24, 2.45) is 0 Å². The first kappa shape index (κ1) is 13.7. The summed E-state index contributed by atoms with van der Waals surface area (Å²) in [5, 5.41) is -0.365. The number of ether oxygens (including phenoxy) is 1. The fourth-order valence-electron chi connectivity index (χ4n) is 1.63. The minimum atomic E-state index is -4.49. The summed E-state index contributed by atoms with van der Waals surface area (Å²) in [6.45, 7) is 0. The van der Waals surface area contributed by atoms with Gasteiger partial charge in [-0.2, -0.15) is 13.2 Å². The minimum absolute atomic E-state index is 0.218. The zero-order valence-corrected chi connectivity index (χ0v) is 10.6. The lowest BCUT2D eigenvalue weighted by Crippen LogP contribution is -2.06. The van der Waals surface area contributed by atoms with E-state index >= 15 is 0 Å². The Balaban J connectivity index is 2.57. The molecule has 1 aromatic carbocycles. The highest BCUT2D eigenvalue weighted by Crippen LogP contribution is 2.39. The molecule has 2 nitrogen and oxygen atoms in total. The van der Waals surface area contributed by atoms with Gasteiger partial charge < -0.3 is 4.74 Å². The summed E-state index contributed by atoms with van der Waals surface area (Å²) in [6, 6.07) is 6.85. The minimum Gasteiger partial charge on any atom is -0.497 e. The van der Waals surface area contributed by atoms with Crippen molar-refractivity contribution >= 4 is 11.6 Å². The van der Waals surface area contributed by atoms with Gasteiger partial charge >= 0.3 is 6.18 Å². The highest BCUT2D eigenvalue weighted by atomic mass is 35.5. The predicted molar refractivity (Wildman–Crippen MR) is 66.2 cm³/mol. The fourth-order valence-corrected chi connectivity index (χ4v) is 1.96. The molecule has 0 amide bonds. The van der Waals surface area contributed by atoms with Crippen LogP contribution in [0.4, 0.5) is 13.2 Å². The molecule has 0 unspecified atom stereocenters. The number of benzene rings is 1. The van der Waals surface area contributed by atoms with E-state index in [1.54, 1.807) is 6.07 Å². The summed E-state index contributed by atoms with van der Waals surface area (Å²) in [7, 11) is 1.47. The third kappa shape index (κ3) is 2.81. The maximum Gasteiger partial charge on any atom is 0.417 e. The van der Waals surface area contributed by atoms with Crippen LogP contribution in [0, 0.1) is 0 Å². The van der Waals surface area contributed by atoms with Crippen LogP contribution in [0.3, 0.4) is 0 Å². The van der Waals surface area contributed by atoms with Gasteiger partial charge in [0.15, 0.2) is 0 Å². The Hall–Kier alpha value is -1.75. The smallest absolute Gasteiger partial charge is 0.417 e. The van der Waals surface area contributed by atoms with Crippen molar-refractivity contribution in [2.45, 2.75) is 6.18 Å². The van der Waals surface area contributed by atoms with Crippen LogP contribution in [0.25, 0.3) is 11.3 Å². The molecule has 19 heavy (non-hydrogen) atoms. The largest absolute Gasteiger partial charge is 0.497 e. The monoisotopic (exact) mass is 287 g/mol. The van der Waals surface area contributed by atoms with Gasteiger partial charge in [-0.3, -0.25) is 4.98 Å². The van der Waals surface area contributed by atoms with E-state index in [2.05, 4.69) is 4.98 Å². The zero-order chi connectivity index (χ0) is 14.0. The van der Waals surface area contributed by atoms with E-state index in [1.807, 2.05) is 0 Å². The average Bonchev–Trinajstić information content (AvgIpc) is 2.37. The maximum atomic E-state index is 12.8. The van der Waals surface area contributed by atoms with Crippen molar-refractivity contribution < 1.29 is 17.9 Å². The van der Waals surface area contributed by atoms with Crippen molar-refractivity contribution in [1.82, 2.24) is 4.98 Å². The second-order valence-corrected chi connectivity index (χ2v) is 4.12. The Morgan fingerprint density at radius 1 is 1.21 bits per heavy atom. The Labute approximate surface area is 112 Å². The van der Waals surface area contributed by atoms with Crippen LogP contribution in [0.1, 0.15) is 5.56 Å². The number of aromatic nitrogens is 1. The number of hydrogen-bond acceptors (Lipinski definition) is 2. The molecule has 100 valence electrons. The summed E-state index contributed by atoms with van der Waals surface area (Å²) in [6.07, 6.45) is -3.04. The molecular weight excluding hydrogens is 279 g/mol. The average molecular weight is 288 g/mol. The summed E-state index contributed by atoms with van der Waals surface area (Å²) >= 11 is 5.82. The first-order chi connectivity index (χ1) is 8.93. The number of hydrogen-bond donors (Lipinski definition) is 0. The van der Waals surface area contributed by atoms with Crippen LogP contribution in [-0.2, 0) is 6.18 Å². The molecule has 0 aliphatic carbocycles. The molecule has 0 aliphatic heterocycles. The summed E-state index contributed by atoms with van der Waals surface area (Å²) in [5.41, 5.74) is -0.331. The van der Waals surface area contributed by atoms with Gasteiger partial charge in [0.1, 0.15) is 5.75 Å². The van der Waals surface area contributed by atoms with E-state index in [4.69, 9.17) is 16.3 Å². The van der Waals surface area contributed by atoms with Gasteiger partial charge in [0, 0.05) is 17.8 Å². The summed E-state index contributed by atoms with van der Waals surface area (Å²) < 4.78 is 43.3. The van der Waals surface area contributed by atoms with E-state index < -0.39 is 11.7 Å².